The van der Waals surface area contributed by atoms with Gasteiger partial charge in [-0.25, -0.2) is 4.79 Å². The molecule has 2 heterocycles. The van der Waals surface area contributed by atoms with Crippen molar-refractivity contribution in [3.63, 3.8) is 0 Å². The van der Waals surface area contributed by atoms with Gasteiger partial charge in [0.2, 0.25) is 5.91 Å². The summed E-state index contributed by atoms with van der Waals surface area (Å²) in [4.78, 5) is 27.8. The van der Waals surface area contributed by atoms with Crippen LogP contribution in [0.5, 0.6) is 0 Å². The molecule has 0 spiro atoms. The Morgan fingerprint density at radius 1 is 1.26 bits per heavy atom. The van der Waals surface area contributed by atoms with Crippen molar-refractivity contribution < 1.29 is 28.2 Å². The van der Waals surface area contributed by atoms with Gasteiger partial charge in [-0.3, -0.25) is 4.79 Å². The molecule has 0 aliphatic carbocycles. The van der Waals surface area contributed by atoms with Crippen LogP contribution in [0.4, 0.5) is 8.78 Å². The lowest BCUT2D eigenvalue weighted by molar-refractivity contribution is -0.135. The molecule has 184 valence electrons. The van der Waals surface area contributed by atoms with Crippen LogP contribution in [0.25, 0.3) is 0 Å². The maximum atomic E-state index is 14.6. The van der Waals surface area contributed by atoms with E-state index in [9.17, 15) is 23.5 Å². The molecule has 1 aromatic carbocycles. The van der Waals surface area contributed by atoms with Crippen LogP contribution in [0, 0.1) is 0 Å². The van der Waals surface area contributed by atoms with Gasteiger partial charge in [0.25, 0.3) is 0 Å². The first-order chi connectivity index (χ1) is 16.2. The van der Waals surface area contributed by atoms with Crippen molar-refractivity contribution >= 4 is 23.2 Å². The van der Waals surface area contributed by atoms with Crippen LogP contribution in [-0.4, -0.2) is 46.7 Å². The van der Waals surface area contributed by atoms with Crippen LogP contribution in [-0.2, 0) is 21.9 Å². The molecular weight excluding hydrogens is 460 g/mol. The van der Waals surface area contributed by atoms with Gasteiger partial charge in [0.15, 0.2) is 0 Å². The Morgan fingerprint density at radius 3 is 2.71 bits per heavy atom. The van der Waals surface area contributed by atoms with Crippen LogP contribution >= 0.6 is 11.3 Å². The average Bonchev–Trinajstić information content (AvgIpc) is 3.28. The van der Waals surface area contributed by atoms with Gasteiger partial charge in [0.05, 0.1) is 12.1 Å². The molecule has 5 nitrogen and oxygen atoms in total. The van der Waals surface area contributed by atoms with Crippen LogP contribution in [0.1, 0.15) is 59.6 Å². The second-order valence-electron chi connectivity index (χ2n) is 8.69. The summed E-state index contributed by atoms with van der Waals surface area (Å²) in [6.45, 7) is 4.08. The zero-order valence-electron chi connectivity index (χ0n) is 19.5. The number of benzene rings is 1. The zero-order valence-corrected chi connectivity index (χ0v) is 20.3. The molecule has 1 aliphatic heterocycles. The summed E-state index contributed by atoms with van der Waals surface area (Å²) in [6, 6.07) is 10.5. The first-order valence-corrected chi connectivity index (χ1v) is 12.4. The molecule has 1 aliphatic rings. The van der Waals surface area contributed by atoms with E-state index in [0.29, 0.717) is 43.5 Å². The number of halogens is 2. The molecule has 2 aromatic rings. The fraction of sp³-hybridized carbons (Fsp3) is 0.462. The van der Waals surface area contributed by atoms with E-state index in [4.69, 9.17) is 4.74 Å². The number of carbonyl (C=O) groups excluding carboxylic acids is 2. The first kappa shape index (κ1) is 26.0. The van der Waals surface area contributed by atoms with E-state index >= 15 is 0 Å². The summed E-state index contributed by atoms with van der Waals surface area (Å²) in [5.74, 6) is -3.78. The van der Waals surface area contributed by atoms with Crippen molar-refractivity contribution in [1.29, 1.82) is 0 Å². The van der Waals surface area contributed by atoms with Gasteiger partial charge in [-0.2, -0.15) is 8.78 Å². The minimum Gasteiger partial charge on any atom is -0.459 e. The number of nitrogens with zero attached hydrogens (tertiary/aromatic N) is 1. The number of carbonyl (C=O) groups is 2. The number of hydrogen-bond acceptors (Lipinski definition) is 5. The number of rotatable bonds is 10. The fourth-order valence-corrected chi connectivity index (χ4v) is 4.87. The average molecular weight is 492 g/mol. The zero-order chi connectivity index (χ0) is 24.7. The number of thiophene rings is 1. The topological polar surface area (TPSA) is 66.8 Å². The van der Waals surface area contributed by atoms with E-state index in [-0.39, 0.29) is 29.6 Å². The Hall–Kier alpha value is -2.58. The monoisotopic (exact) mass is 491 g/mol. The number of aliphatic hydroxyl groups is 1. The fourth-order valence-electron chi connectivity index (χ4n) is 3.94. The summed E-state index contributed by atoms with van der Waals surface area (Å²) in [5, 5.41) is 10.2. The molecular formula is C26H31F2NO4S. The number of ether oxygens (including phenoxy) is 1. The second-order valence-corrected chi connectivity index (χ2v) is 9.86. The molecule has 1 saturated heterocycles. The summed E-state index contributed by atoms with van der Waals surface area (Å²) >= 11 is 1.38. The maximum Gasteiger partial charge on any atom is 0.348 e. The number of amides is 1. The van der Waals surface area contributed by atoms with Crippen molar-refractivity contribution in [3.05, 3.63) is 69.9 Å². The highest BCUT2D eigenvalue weighted by Gasteiger charge is 2.39. The maximum absolute atomic E-state index is 14.6. The number of likely N-dealkylation sites (tertiary alicyclic amines) is 1. The highest BCUT2D eigenvalue weighted by molar-refractivity contribution is 7.13. The van der Waals surface area contributed by atoms with E-state index in [1.54, 1.807) is 30.9 Å². The van der Waals surface area contributed by atoms with Crippen LogP contribution in [0.3, 0.4) is 0 Å². The van der Waals surface area contributed by atoms with Crippen LogP contribution in [0.15, 0.2) is 54.6 Å². The quantitative estimate of drug-likeness (QED) is 0.360. The third-order valence-electron chi connectivity index (χ3n) is 5.68. The molecule has 3 rings (SSSR count). The molecule has 0 saturated carbocycles. The molecule has 0 radical (unpaired) electrons. The molecule has 1 fully saturated rings. The number of alkyl halides is 2. The molecule has 1 amide bonds. The van der Waals surface area contributed by atoms with E-state index in [2.05, 4.69) is 0 Å². The second kappa shape index (κ2) is 11.7. The highest BCUT2D eigenvalue weighted by Crippen LogP contribution is 2.32. The van der Waals surface area contributed by atoms with Crippen LogP contribution in [0.2, 0.25) is 0 Å². The van der Waals surface area contributed by atoms with Gasteiger partial charge in [0.1, 0.15) is 11.0 Å². The molecule has 1 N–H and O–H groups in total. The van der Waals surface area contributed by atoms with E-state index in [0.717, 1.165) is 11.0 Å². The molecule has 1 aromatic heterocycles. The predicted molar refractivity (Wildman–Crippen MR) is 128 cm³/mol. The Bertz CT molecular complexity index is 990. The van der Waals surface area contributed by atoms with E-state index < -0.39 is 12.0 Å². The third kappa shape index (κ3) is 6.73. The van der Waals surface area contributed by atoms with Gasteiger partial charge < -0.3 is 14.7 Å². The lowest BCUT2D eigenvalue weighted by atomic mass is 9.98. The number of aryl methyl sites for hydroxylation is 1. The largest absolute Gasteiger partial charge is 0.459 e. The Labute approximate surface area is 203 Å². The Kier molecular flexibility index (Phi) is 8.97. The summed E-state index contributed by atoms with van der Waals surface area (Å²) < 4.78 is 34.4. The molecule has 8 heteroatoms. The van der Waals surface area contributed by atoms with Gasteiger partial charge >= 0.3 is 11.9 Å². The third-order valence-corrected chi connectivity index (χ3v) is 6.81. The molecule has 0 bridgehead atoms. The number of esters is 1. The normalized spacial score (nSPS) is 18.0. The highest BCUT2D eigenvalue weighted by atomic mass is 32.1. The van der Waals surface area contributed by atoms with Gasteiger partial charge in [-0.05, 0) is 51.7 Å². The Morgan fingerprint density at radius 2 is 2.00 bits per heavy atom. The Balaban J connectivity index is 1.58. The molecule has 2 atom stereocenters. The van der Waals surface area contributed by atoms with E-state index in [1.807, 2.05) is 6.07 Å². The minimum absolute atomic E-state index is 0.0161. The van der Waals surface area contributed by atoms with E-state index in [1.165, 1.54) is 41.7 Å². The molecule has 34 heavy (non-hydrogen) atoms. The lowest BCUT2D eigenvalue weighted by Gasteiger charge is -2.34. The van der Waals surface area contributed by atoms with Crippen molar-refractivity contribution in [2.45, 2.75) is 70.1 Å². The van der Waals surface area contributed by atoms with Crippen molar-refractivity contribution in [3.8, 4) is 0 Å². The first-order valence-electron chi connectivity index (χ1n) is 11.6. The summed E-state index contributed by atoms with van der Waals surface area (Å²) in [5.41, 5.74) is -0.253. The molecule has 2 unspecified atom stereocenters. The smallest absolute Gasteiger partial charge is 0.348 e. The minimum atomic E-state index is -3.42. The number of hydrogen-bond donors (Lipinski definition) is 1. The predicted octanol–water partition coefficient (Wildman–Crippen LogP) is 5.34. The standard InChI is InChI=1S/C26H31F2NO4S/c1-18(2)33-25(32)22-15-14-21(34-22)11-7-17-29-20(10-6-12-24(29)31)13-16-23(30)26(27,28)19-8-4-3-5-9-19/h3-5,8-9,13-16,18,20,23,30H,6-7,10-12,17H2,1-2H3. The van der Waals surface area contributed by atoms with Crippen LogP contribution < -0.4 is 0 Å². The van der Waals surface area contributed by atoms with Crippen molar-refractivity contribution in [2.75, 3.05) is 6.54 Å². The SMILES string of the molecule is CC(C)OC(=O)c1ccc(CCCN2C(=O)CCCC2C=CC(O)C(F)(F)c2ccccc2)s1. The van der Waals surface area contributed by atoms with Crippen molar-refractivity contribution in [2.24, 2.45) is 0 Å². The van der Waals surface area contributed by atoms with Gasteiger partial charge in [-0.1, -0.05) is 42.5 Å². The summed E-state index contributed by atoms with van der Waals surface area (Å²) in [7, 11) is 0. The van der Waals surface area contributed by atoms with Crippen molar-refractivity contribution in [1.82, 2.24) is 4.90 Å². The number of aliphatic hydroxyl groups excluding tert-OH is 1. The lowest BCUT2D eigenvalue weighted by Crippen LogP contribution is -2.43. The van der Waals surface area contributed by atoms with Gasteiger partial charge in [0, 0.05) is 23.4 Å². The van der Waals surface area contributed by atoms with Gasteiger partial charge in [-0.15, -0.1) is 11.3 Å². The summed E-state index contributed by atoms with van der Waals surface area (Å²) in [6.07, 6.45) is 3.61. The number of piperidine rings is 1.